The summed E-state index contributed by atoms with van der Waals surface area (Å²) in [5, 5.41) is -0.250. The molecule has 0 aliphatic carbocycles. The van der Waals surface area contributed by atoms with Crippen molar-refractivity contribution in [1.29, 1.82) is 0 Å². The molecule has 0 bridgehead atoms. The van der Waals surface area contributed by atoms with Crippen molar-refractivity contribution in [2.24, 2.45) is 5.73 Å². The van der Waals surface area contributed by atoms with Gasteiger partial charge in [0, 0.05) is 6.20 Å². The minimum absolute atomic E-state index is 0.00719. The molecule has 2 rings (SSSR count). The molecule has 116 valence electrons. The maximum atomic E-state index is 12.6. The summed E-state index contributed by atoms with van der Waals surface area (Å²) in [6, 6.07) is 7.65. The van der Waals surface area contributed by atoms with Gasteiger partial charge in [-0.15, -0.1) is 0 Å². The van der Waals surface area contributed by atoms with Crippen LogP contribution in [0.3, 0.4) is 0 Å². The minimum Gasteiger partial charge on any atom is -0.369 e. The van der Waals surface area contributed by atoms with Gasteiger partial charge in [0.25, 0.3) is 0 Å². The van der Waals surface area contributed by atoms with Crippen LogP contribution in [0.4, 0.5) is 13.2 Å². The summed E-state index contributed by atoms with van der Waals surface area (Å²) in [6.07, 6.45) is -3.91. The van der Waals surface area contributed by atoms with Gasteiger partial charge in [-0.2, -0.15) is 13.2 Å². The van der Waals surface area contributed by atoms with Gasteiger partial charge in [-0.25, -0.2) is 0 Å². The van der Waals surface area contributed by atoms with E-state index >= 15 is 0 Å². The molecule has 1 heterocycles. The molecular weight excluding hydrogens is 317 g/mol. The molecule has 7 heteroatoms. The molecule has 1 aromatic heterocycles. The Hall–Kier alpha value is -2.08. The van der Waals surface area contributed by atoms with Crippen molar-refractivity contribution >= 4 is 17.5 Å². The number of nitrogens with two attached hydrogens (primary N) is 1. The lowest BCUT2D eigenvalue weighted by Crippen LogP contribution is -2.24. The summed E-state index contributed by atoms with van der Waals surface area (Å²) in [6.45, 7) is 1.82. The van der Waals surface area contributed by atoms with E-state index < -0.39 is 23.6 Å². The lowest BCUT2D eigenvalue weighted by Gasteiger charge is -2.16. The van der Waals surface area contributed by atoms with E-state index in [4.69, 9.17) is 17.3 Å². The van der Waals surface area contributed by atoms with E-state index in [1.165, 1.54) is 0 Å². The molecule has 0 saturated heterocycles. The predicted octanol–water partition coefficient (Wildman–Crippen LogP) is 3.68. The predicted molar refractivity (Wildman–Crippen MR) is 76.5 cm³/mol. The maximum absolute atomic E-state index is 12.6. The first-order chi connectivity index (χ1) is 10.2. The maximum Gasteiger partial charge on any atom is 0.417 e. The molecule has 3 nitrogen and oxygen atoms in total. The summed E-state index contributed by atoms with van der Waals surface area (Å²) in [4.78, 5) is 15.5. The number of pyridine rings is 1. The summed E-state index contributed by atoms with van der Waals surface area (Å²) < 4.78 is 37.9. The highest BCUT2D eigenvalue weighted by atomic mass is 35.5. The van der Waals surface area contributed by atoms with Crippen molar-refractivity contribution in [3.05, 3.63) is 63.9 Å². The van der Waals surface area contributed by atoms with Gasteiger partial charge in [0.15, 0.2) is 0 Å². The Morgan fingerprint density at radius 1 is 1.32 bits per heavy atom. The molecule has 0 aliphatic heterocycles. The van der Waals surface area contributed by atoms with Crippen molar-refractivity contribution in [2.75, 3.05) is 0 Å². The summed E-state index contributed by atoms with van der Waals surface area (Å²) in [5.74, 6) is -1.74. The molecule has 0 radical (unpaired) electrons. The average molecular weight is 329 g/mol. The largest absolute Gasteiger partial charge is 0.417 e. The molecule has 0 saturated carbocycles. The standard InChI is InChI=1S/C15H12ClF3N2O/c1-8-3-2-4-9(5-8)12(14(20)22)13-11(16)6-10(7-21-13)15(17,18)19/h2-7,12H,1H3,(H2,20,22)/t12-/m0/s1. The number of hydrogen-bond donors (Lipinski definition) is 1. The van der Waals surface area contributed by atoms with E-state index in [2.05, 4.69) is 4.98 Å². The number of carbonyl (C=O) groups is 1. The Morgan fingerprint density at radius 2 is 2.00 bits per heavy atom. The van der Waals surface area contributed by atoms with E-state index in [-0.39, 0.29) is 10.7 Å². The Kier molecular flexibility index (Phi) is 4.42. The molecule has 0 aliphatic rings. The summed E-state index contributed by atoms with van der Waals surface area (Å²) >= 11 is 5.89. The first-order valence-corrected chi connectivity index (χ1v) is 6.66. The molecule has 0 unspecified atom stereocenters. The van der Waals surface area contributed by atoms with Crippen LogP contribution in [0.2, 0.25) is 5.02 Å². The van der Waals surface area contributed by atoms with Crippen LogP contribution in [0.5, 0.6) is 0 Å². The normalized spacial score (nSPS) is 13.0. The molecule has 0 fully saturated rings. The second-order valence-corrected chi connectivity index (χ2v) is 5.25. The van der Waals surface area contributed by atoms with Crippen LogP contribution >= 0.6 is 11.6 Å². The van der Waals surface area contributed by atoms with Crippen molar-refractivity contribution < 1.29 is 18.0 Å². The highest BCUT2D eigenvalue weighted by molar-refractivity contribution is 6.31. The second-order valence-electron chi connectivity index (χ2n) is 4.84. The van der Waals surface area contributed by atoms with Gasteiger partial charge in [0.1, 0.15) is 5.92 Å². The fourth-order valence-electron chi connectivity index (χ4n) is 2.12. The van der Waals surface area contributed by atoms with Gasteiger partial charge in [0.05, 0.1) is 16.3 Å². The van der Waals surface area contributed by atoms with Crippen molar-refractivity contribution in [1.82, 2.24) is 4.98 Å². The number of aryl methyl sites for hydroxylation is 1. The first-order valence-electron chi connectivity index (χ1n) is 6.28. The van der Waals surface area contributed by atoms with E-state index in [0.717, 1.165) is 11.6 Å². The van der Waals surface area contributed by atoms with Gasteiger partial charge < -0.3 is 5.73 Å². The monoisotopic (exact) mass is 328 g/mol. The number of rotatable bonds is 3. The van der Waals surface area contributed by atoms with Crippen LogP contribution in [0.15, 0.2) is 36.5 Å². The topological polar surface area (TPSA) is 56.0 Å². The zero-order valence-corrected chi connectivity index (χ0v) is 12.2. The zero-order chi connectivity index (χ0) is 16.5. The molecule has 2 N–H and O–H groups in total. The lowest BCUT2D eigenvalue weighted by molar-refractivity contribution is -0.137. The Balaban J connectivity index is 2.53. The Labute approximate surface area is 129 Å². The van der Waals surface area contributed by atoms with E-state index in [9.17, 15) is 18.0 Å². The molecule has 22 heavy (non-hydrogen) atoms. The number of nitrogens with zero attached hydrogens (tertiary/aromatic N) is 1. The van der Waals surface area contributed by atoms with Crippen molar-refractivity contribution in [3.8, 4) is 0 Å². The van der Waals surface area contributed by atoms with Gasteiger partial charge in [-0.1, -0.05) is 41.4 Å². The van der Waals surface area contributed by atoms with Gasteiger partial charge in [0.2, 0.25) is 5.91 Å². The molecule has 1 aromatic carbocycles. The third-order valence-corrected chi connectivity index (χ3v) is 3.43. The number of aromatic nitrogens is 1. The third kappa shape index (κ3) is 3.39. The molecule has 2 aromatic rings. The number of carbonyl (C=O) groups excluding carboxylic acids is 1. The van der Waals surface area contributed by atoms with Crippen LogP contribution in [0.25, 0.3) is 0 Å². The number of hydrogen-bond acceptors (Lipinski definition) is 2. The van der Waals surface area contributed by atoms with Crippen LogP contribution < -0.4 is 5.73 Å². The van der Waals surface area contributed by atoms with Crippen molar-refractivity contribution in [3.63, 3.8) is 0 Å². The van der Waals surface area contributed by atoms with Crippen LogP contribution in [-0.2, 0) is 11.0 Å². The molecule has 1 amide bonds. The van der Waals surface area contributed by atoms with Crippen molar-refractivity contribution in [2.45, 2.75) is 19.0 Å². The minimum atomic E-state index is -4.55. The first kappa shape index (κ1) is 16.3. The average Bonchev–Trinajstić information content (AvgIpc) is 2.39. The second kappa shape index (κ2) is 5.96. The summed E-state index contributed by atoms with van der Waals surface area (Å²) in [7, 11) is 0. The lowest BCUT2D eigenvalue weighted by atomic mass is 9.93. The highest BCUT2D eigenvalue weighted by Crippen LogP contribution is 2.34. The van der Waals surface area contributed by atoms with Gasteiger partial charge in [-0.3, -0.25) is 9.78 Å². The number of amides is 1. The number of primary amides is 1. The van der Waals surface area contributed by atoms with Crippen LogP contribution in [-0.4, -0.2) is 10.9 Å². The quantitative estimate of drug-likeness (QED) is 0.934. The summed E-state index contributed by atoms with van der Waals surface area (Å²) in [5.41, 5.74) is 5.82. The van der Waals surface area contributed by atoms with Gasteiger partial charge in [-0.05, 0) is 18.6 Å². The SMILES string of the molecule is Cc1cccc([C@H](C(N)=O)c2ncc(C(F)(F)F)cc2Cl)c1. The fourth-order valence-corrected chi connectivity index (χ4v) is 2.40. The van der Waals surface area contributed by atoms with E-state index in [1.54, 1.807) is 18.2 Å². The Morgan fingerprint density at radius 3 is 2.50 bits per heavy atom. The Bertz CT molecular complexity index is 716. The fraction of sp³-hybridized carbons (Fsp3) is 0.200. The number of alkyl halides is 3. The van der Waals surface area contributed by atoms with E-state index in [1.807, 2.05) is 13.0 Å². The molecule has 0 spiro atoms. The molecule has 1 atom stereocenters. The molecular formula is C15H12ClF3N2O. The van der Waals surface area contributed by atoms with Crippen LogP contribution in [0.1, 0.15) is 28.3 Å². The number of benzene rings is 1. The van der Waals surface area contributed by atoms with Crippen LogP contribution in [0, 0.1) is 6.92 Å². The highest BCUT2D eigenvalue weighted by Gasteiger charge is 2.33. The zero-order valence-electron chi connectivity index (χ0n) is 11.5. The van der Waals surface area contributed by atoms with Gasteiger partial charge >= 0.3 is 6.18 Å². The van der Waals surface area contributed by atoms with E-state index in [0.29, 0.717) is 11.8 Å². The third-order valence-electron chi connectivity index (χ3n) is 3.13. The number of halogens is 4. The smallest absolute Gasteiger partial charge is 0.369 e.